The number of benzene rings is 3. The molecule has 0 atom stereocenters. The van der Waals surface area contributed by atoms with Gasteiger partial charge in [0.05, 0.1) is 17.3 Å². The molecule has 140 valence electrons. The van der Waals surface area contributed by atoms with Gasteiger partial charge in [-0.2, -0.15) is 5.10 Å². The zero-order valence-electron chi connectivity index (χ0n) is 14.4. The van der Waals surface area contributed by atoms with Crippen LogP contribution in [-0.4, -0.2) is 18.1 Å². The van der Waals surface area contributed by atoms with Crippen molar-refractivity contribution in [3.63, 3.8) is 0 Å². The van der Waals surface area contributed by atoms with Gasteiger partial charge in [0.1, 0.15) is 5.75 Å². The van der Waals surface area contributed by atoms with Crippen molar-refractivity contribution in [2.24, 2.45) is 5.10 Å². The van der Waals surface area contributed by atoms with Gasteiger partial charge in [-0.1, -0.05) is 46.3 Å². The van der Waals surface area contributed by atoms with Crippen LogP contribution in [0.25, 0.3) is 0 Å². The Morgan fingerprint density at radius 3 is 2.46 bits per heavy atom. The van der Waals surface area contributed by atoms with E-state index in [4.69, 9.17) is 4.74 Å². The van der Waals surface area contributed by atoms with Gasteiger partial charge in [0.25, 0.3) is 5.91 Å². The van der Waals surface area contributed by atoms with Gasteiger partial charge < -0.3 is 4.74 Å². The average molecular weight is 549 g/mol. The van der Waals surface area contributed by atoms with E-state index in [-0.39, 0.29) is 5.91 Å². The first kappa shape index (κ1) is 20.2. The summed E-state index contributed by atoms with van der Waals surface area (Å²) in [6, 6.07) is 21.1. The Hall–Kier alpha value is -2.52. The number of nitrogens with one attached hydrogen (secondary N) is 1. The van der Waals surface area contributed by atoms with Gasteiger partial charge in [-0.05, 0) is 65.1 Å². The van der Waals surface area contributed by atoms with Crippen LogP contribution in [0.2, 0.25) is 0 Å². The summed E-state index contributed by atoms with van der Waals surface area (Å²) in [7, 11) is 0. The maximum atomic E-state index is 12.3. The SMILES string of the molecule is O=C(Oc1ccc(Br)cc1C=NNC(=O)c1ccccc1I)c1ccccc1. The molecule has 0 aliphatic rings. The van der Waals surface area contributed by atoms with Crippen LogP contribution >= 0.6 is 38.5 Å². The van der Waals surface area contributed by atoms with Crippen molar-refractivity contribution in [2.75, 3.05) is 0 Å². The fraction of sp³-hybridized carbons (Fsp3) is 0. The Balaban J connectivity index is 1.75. The highest BCUT2D eigenvalue weighted by Crippen LogP contribution is 2.23. The molecule has 3 aromatic carbocycles. The van der Waals surface area contributed by atoms with Gasteiger partial charge in [0, 0.05) is 13.6 Å². The van der Waals surface area contributed by atoms with Crippen LogP contribution in [0.4, 0.5) is 0 Å². The summed E-state index contributed by atoms with van der Waals surface area (Å²) in [6.07, 6.45) is 1.44. The molecular formula is C21H14BrIN2O3. The Bertz CT molecular complexity index is 1040. The maximum Gasteiger partial charge on any atom is 0.343 e. The van der Waals surface area contributed by atoms with E-state index in [9.17, 15) is 9.59 Å². The Morgan fingerprint density at radius 1 is 1.00 bits per heavy atom. The number of ether oxygens (including phenoxy) is 1. The molecule has 1 amide bonds. The van der Waals surface area contributed by atoms with Crippen molar-refractivity contribution < 1.29 is 14.3 Å². The molecule has 0 aromatic heterocycles. The summed E-state index contributed by atoms with van der Waals surface area (Å²) >= 11 is 5.47. The van der Waals surface area contributed by atoms with Crippen molar-refractivity contribution >= 4 is 56.6 Å². The third kappa shape index (κ3) is 5.26. The van der Waals surface area contributed by atoms with Gasteiger partial charge in [-0.15, -0.1) is 0 Å². The van der Waals surface area contributed by atoms with Crippen LogP contribution in [-0.2, 0) is 0 Å². The second kappa shape index (κ2) is 9.61. The zero-order chi connectivity index (χ0) is 19.9. The van der Waals surface area contributed by atoms with Crippen molar-refractivity contribution in [2.45, 2.75) is 0 Å². The van der Waals surface area contributed by atoms with Crippen LogP contribution in [0, 0.1) is 3.57 Å². The van der Waals surface area contributed by atoms with E-state index < -0.39 is 5.97 Å². The molecule has 7 heteroatoms. The molecule has 0 heterocycles. The van der Waals surface area contributed by atoms with Crippen LogP contribution in [0.3, 0.4) is 0 Å². The molecule has 0 unspecified atom stereocenters. The van der Waals surface area contributed by atoms with E-state index in [0.29, 0.717) is 22.4 Å². The number of hydrazone groups is 1. The Labute approximate surface area is 184 Å². The molecule has 0 aliphatic carbocycles. The van der Waals surface area contributed by atoms with Gasteiger partial charge in [0.2, 0.25) is 0 Å². The fourth-order valence-electron chi connectivity index (χ4n) is 2.31. The lowest BCUT2D eigenvalue weighted by molar-refractivity contribution is 0.0734. The number of carbonyl (C=O) groups excluding carboxylic acids is 2. The van der Waals surface area contributed by atoms with Crippen molar-refractivity contribution in [3.8, 4) is 5.75 Å². The molecule has 0 saturated heterocycles. The van der Waals surface area contributed by atoms with Gasteiger partial charge in [-0.25, -0.2) is 10.2 Å². The second-order valence-corrected chi connectivity index (χ2v) is 7.69. The van der Waals surface area contributed by atoms with Gasteiger partial charge in [0.15, 0.2) is 0 Å². The first-order chi connectivity index (χ1) is 13.5. The van der Waals surface area contributed by atoms with E-state index in [1.54, 1.807) is 54.6 Å². The standard InChI is InChI=1S/C21H14BrIN2O3/c22-16-10-11-19(28-21(27)14-6-2-1-3-7-14)15(12-16)13-24-25-20(26)17-8-4-5-9-18(17)23/h1-13H,(H,25,26). The average Bonchev–Trinajstić information content (AvgIpc) is 2.70. The quantitative estimate of drug-likeness (QED) is 0.160. The molecule has 1 N–H and O–H groups in total. The lowest BCUT2D eigenvalue weighted by Crippen LogP contribution is -2.18. The summed E-state index contributed by atoms with van der Waals surface area (Å²) < 4.78 is 7.10. The van der Waals surface area contributed by atoms with E-state index >= 15 is 0 Å². The lowest BCUT2D eigenvalue weighted by atomic mass is 10.2. The summed E-state index contributed by atoms with van der Waals surface area (Å²) in [5, 5.41) is 4.00. The number of hydrogen-bond acceptors (Lipinski definition) is 4. The molecule has 28 heavy (non-hydrogen) atoms. The fourth-order valence-corrected chi connectivity index (χ4v) is 3.32. The van der Waals surface area contributed by atoms with Crippen LogP contribution in [0.15, 0.2) is 82.4 Å². The molecule has 0 saturated carbocycles. The molecule has 5 nitrogen and oxygen atoms in total. The van der Waals surface area contributed by atoms with E-state index in [1.165, 1.54) is 6.21 Å². The highest BCUT2D eigenvalue weighted by molar-refractivity contribution is 14.1. The molecule has 0 bridgehead atoms. The van der Waals surface area contributed by atoms with Crippen molar-refractivity contribution in [1.29, 1.82) is 0 Å². The smallest absolute Gasteiger partial charge is 0.343 e. The second-order valence-electron chi connectivity index (χ2n) is 5.62. The summed E-state index contributed by atoms with van der Waals surface area (Å²) in [6.45, 7) is 0. The summed E-state index contributed by atoms with van der Waals surface area (Å²) in [5.41, 5.74) is 4.01. The number of carbonyl (C=O) groups is 2. The minimum atomic E-state index is -0.472. The highest BCUT2D eigenvalue weighted by atomic mass is 127. The van der Waals surface area contributed by atoms with Crippen LogP contribution < -0.4 is 10.2 Å². The molecule has 0 fully saturated rings. The van der Waals surface area contributed by atoms with E-state index in [0.717, 1.165) is 8.04 Å². The van der Waals surface area contributed by atoms with Crippen LogP contribution in [0.5, 0.6) is 5.75 Å². The molecule has 0 spiro atoms. The maximum absolute atomic E-state index is 12.3. The van der Waals surface area contributed by atoms with Crippen molar-refractivity contribution in [1.82, 2.24) is 5.43 Å². The summed E-state index contributed by atoms with van der Waals surface area (Å²) in [5.74, 6) is -0.455. The van der Waals surface area contributed by atoms with Gasteiger partial charge in [-0.3, -0.25) is 4.79 Å². The normalized spacial score (nSPS) is 10.6. The van der Waals surface area contributed by atoms with Crippen molar-refractivity contribution in [3.05, 3.63) is 97.5 Å². The highest BCUT2D eigenvalue weighted by Gasteiger charge is 2.12. The lowest BCUT2D eigenvalue weighted by Gasteiger charge is -2.08. The molecule has 0 aliphatic heterocycles. The predicted octanol–water partition coefficient (Wildman–Crippen LogP) is 5.04. The monoisotopic (exact) mass is 548 g/mol. The topological polar surface area (TPSA) is 67.8 Å². The number of halogens is 2. The third-order valence-electron chi connectivity index (χ3n) is 3.67. The Kier molecular flexibility index (Phi) is 6.94. The number of rotatable bonds is 5. The molecular weight excluding hydrogens is 535 g/mol. The first-order valence-electron chi connectivity index (χ1n) is 8.19. The zero-order valence-corrected chi connectivity index (χ0v) is 18.2. The minimum Gasteiger partial charge on any atom is -0.422 e. The van der Waals surface area contributed by atoms with Crippen LogP contribution in [0.1, 0.15) is 26.3 Å². The number of esters is 1. The van der Waals surface area contributed by atoms with E-state index in [2.05, 4.69) is 49.0 Å². The van der Waals surface area contributed by atoms with Gasteiger partial charge >= 0.3 is 5.97 Å². The largest absolute Gasteiger partial charge is 0.422 e. The predicted molar refractivity (Wildman–Crippen MR) is 120 cm³/mol. The third-order valence-corrected chi connectivity index (χ3v) is 5.11. The number of amides is 1. The summed E-state index contributed by atoms with van der Waals surface area (Å²) in [4.78, 5) is 24.6. The Morgan fingerprint density at radius 2 is 1.71 bits per heavy atom. The molecule has 3 rings (SSSR count). The number of hydrogen-bond donors (Lipinski definition) is 1. The minimum absolute atomic E-state index is 0.320. The number of nitrogens with zero attached hydrogens (tertiary/aromatic N) is 1. The first-order valence-corrected chi connectivity index (χ1v) is 10.1. The molecule has 0 radical (unpaired) electrons. The van der Waals surface area contributed by atoms with E-state index in [1.807, 2.05) is 18.2 Å². The molecule has 3 aromatic rings.